The molecule has 0 rings (SSSR count). The SMILES string of the molecule is CCC(=N)C(/C=C(\C)Cl)=C(/C)NC. The number of nitrogens with one attached hydrogen (secondary N) is 2. The number of halogens is 1. The van der Waals surface area contributed by atoms with E-state index in [-0.39, 0.29) is 0 Å². The number of allylic oxidation sites excluding steroid dienone is 4. The fourth-order valence-corrected chi connectivity index (χ4v) is 1.05. The van der Waals surface area contributed by atoms with Crippen molar-refractivity contribution in [2.24, 2.45) is 0 Å². The van der Waals surface area contributed by atoms with Gasteiger partial charge >= 0.3 is 0 Å². The first-order valence-electron chi connectivity index (χ1n) is 4.33. The average Bonchev–Trinajstić information content (AvgIpc) is 2.11. The van der Waals surface area contributed by atoms with Gasteiger partial charge in [-0.2, -0.15) is 0 Å². The van der Waals surface area contributed by atoms with Crippen molar-refractivity contribution in [3.63, 3.8) is 0 Å². The molecule has 0 saturated carbocycles. The maximum Gasteiger partial charge on any atom is 0.0401 e. The Morgan fingerprint density at radius 3 is 2.31 bits per heavy atom. The van der Waals surface area contributed by atoms with E-state index < -0.39 is 0 Å². The Morgan fingerprint density at radius 2 is 2.00 bits per heavy atom. The van der Waals surface area contributed by atoms with Crippen molar-refractivity contribution >= 4 is 17.3 Å². The molecule has 0 heterocycles. The molecule has 0 atom stereocenters. The Balaban J connectivity index is 4.99. The predicted molar refractivity (Wildman–Crippen MR) is 59.4 cm³/mol. The second-order valence-corrected chi connectivity index (χ2v) is 3.45. The van der Waals surface area contributed by atoms with Crippen molar-refractivity contribution in [2.75, 3.05) is 7.05 Å². The van der Waals surface area contributed by atoms with Crippen LogP contribution in [0.5, 0.6) is 0 Å². The number of hydrogen-bond donors (Lipinski definition) is 2. The van der Waals surface area contributed by atoms with Gasteiger partial charge in [0.2, 0.25) is 0 Å². The van der Waals surface area contributed by atoms with Crippen molar-refractivity contribution in [2.45, 2.75) is 27.2 Å². The molecule has 3 heteroatoms. The summed E-state index contributed by atoms with van der Waals surface area (Å²) in [4.78, 5) is 0. The lowest BCUT2D eigenvalue weighted by Crippen LogP contribution is -2.10. The fraction of sp³-hybridized carbons (Fsp3) is 0.500. The molecule has 0 aliphatic rings. The fourth-order valence-electron chi connectivity index (χ4n) is 0.946. The Labute approximate surface area is 85.2 Å². The van der Waals surface area contributed by atoms with Crippen molar-refractivity contribution in [3.05, 3.63) is 22.4 Å². The maximum atomic E-state index is 7.72. The third kappa shape index (κ3) is 4.13. The molecule has 0 fully saturated rings. The van der Waals surface area contributed by atoms with Gasteiger partial charge in [-0.15, -0.1) is 0 Å². The van der Waals surface area contributed by atoms with Crippen LogP contribution in [0.15, 0.2) is 22.4 Å². The highest BCUT2D eigenvalue weighted by Crippen LogP contribution is 2.12. The molecular formula is C10H17ClN2. The van der Waals surface area contributed by atoms with Gasteiger partial charge in [-0.3, -0.25) is 0 Å². The molecule has 0 spiro atoms. The molecular weight excluding hydrogens is 184 g/mol. The first kappa shape index (κ1) is 12.2. The highest BCUT2D eigenvalue weighted by atomic mass is 35.5. The zero-order valence-electron chi connectivity index (χ0n) is 8.66. The summed E-state index contributed by atoms with van der Waals surface area (Å²) in [6, 6.07) is 0. The van der Waals surface area contributed by atoms with Gasteiger partial charge in [-0.05, 0) is 26.3 Å². The molecule has 0 bridgehead atoms. The number of rotatable bonds is 4. The van der Waals surface area contributed by atoms with E-state index in [1.807, 2.05) is 33.9 Å². The first-order chi connectivity index (χ1) is 6.02. The summed E-state index contributed by atoms with van der Waals surface area (Å²) in [6.07, 6.45) is 2.54. The minimum absolute atomic E-state index is 0.604. The van der Waals surface area contributed by atoms with E-state index in [4.69, 9.17) is 17.0 Å². The van der Waals surface area contributed by atoms with Gasteiger partial charge in [-0.1, -0.05) is 18.5 Å². The molecule has 0 aromatic heterocycles. The van der Waals surface area contributed by atoms with Crippen LogP contribution in [-0.4, -0.2) is 12.8 Å². The van der Waals surface area contributed by atoms with E-state index in [2.05, 4.69) is 5.32 Å². The summed E-state index contributed by atoms with van der Waals surface area (Å²) in [6.45, 7) is 5.71. The van der Waals surface area contributed by atoms with Crippen molar-refractivity contribution in [1.82, 2.24) is 5.32 Å². The van der Waals surface area contributed by atoms with Gasteiger partial charge in [-0.25, -0.2) is 0 Å². The summed E-state index contributed by atoms with van der Waals surface area (Å²) < 4.78 is 0. The molecule has 0 aromatic rings. The van der Waals surface area contributed by atoms with Crippen LogP contribution in [-0.2, 0) is 0 Å². The smallest absolute Gasteiger partial charge is 0.0401 e. The molecule has 0 unspecified atom stereocenters. The minimum Gasteiger partial charge on any atom is -0.391 e. The van der Waals surface area contributed by atoms with Crippen LogP contribution in [0, 0.1) is 5.41 Å². The lowest BCUT2D eigenvalue weighted by Gasteiger charge is -2.08. The van der Waals surface area contributed by atoms with Crippen molar-refractivity contribution in [3.8, 4) is 0 Å². The Morgan fingerprint density at radius 1 is 1.46 bits per heavy atom. The molecule has 0 amide bonds. The molecule has 0 aliphatic heterocycles. The summed E-state index contributed by atoms with van der Waals surface area (Å²) in [5.74, 6) is 0. The third-order valence-electron chi connectivity index (χ3n) is 1.80. The van der Waals surface area contributed by atoms with Crippen LogP contribution in [0.25, 0.3) is 0 Å². The van der Waals surface area contributed by atoms with E-state index in [1.54, 1.807) is 0 Å². The van der Waals surface area contributed by atoms with E-state index in [9.17, 15) is 0 Å². The van der Waals surface area contributed by atoms with Gasteiger partial charge in [0.05, 0.1) is 0 Å². The molecule has 0 radical (unpaired) electrons. The lowest BCUT2D eigenvalue weighted by molar-refractivity contribution is 0.977. The summed E-state index contributed by atoms with van der Waals surface area (Å²) in [7, 11) is 1.84. The van der Waals surface area contributed by atoms with Gasteiger partial charge in [0.15, 0.2) is 0 Å². The quantitative estimate of drug-likeness (QED) is 0.531. The minimum atomic E-state index is 0.604. The van der Waals surface area contributed by atoms with Crippen molar-refractivity contribution < 1.29 is 0 Å². The van der Waals surface area contributed by atoms with Crippen LogP contribution in [0.1, 0.15) is 27.2 Å². The molecule has 2 nitrogen and oxygen atoms in total. The van der Waals surface area contributed by atoms with E-state index >= 15 is 0 Å². The van der Waals surface area contributed by atoms with Gasteiger partial charge in [0, 0.05) is 29.1 Å². The molecule has 0 aromatic carbocycles. The van der Waals surface area contributed by atoms with Gasteiger partial charge in [0.1, 0.15) is 0 Å². The maximum absolute atomic E-state index is 7.72. The normalized spacial score (nSPS) is 13.8. The first-order valence-corrected chi connectivity index (χ1v) is 4.70. The largest absolute Gasteiger partial charge is 0.391 e. The zero-order valence-corrected chi connectivity index (χ0v) is 9.42. The highest BCUT2D eigenvalue weighted by Gasteiger charge is 2.03. The summed E-state index contributed by atoms with van der Waals surface area (Å²) in [5, 5.41) is 11.4. The van der Waals surface area contributed by atoms with E-state index in [0.29, 0.717) is 10.7 Å². The topological polar surface area (TPSA) is 35.9 Å². The van der Waals surface area contributed by atoms with Crippen LogP contribution in [0.2, 0.25) is 0 Å². The Bertz CT molecular complexity index is 248. The second-order valence-electron chi connectivity index (χ2n) is 2.85. The zero-order chi connectivity index (χ0) is 10.4. The second kappa shape index (κ2) is 5.81. The van der Waals surface area contributed by atoms with Crippen LogP contribution >= 0.6 is 11.6 Å². The molecule has 2 N–H and O–H groups in total. The third-order valence-corrected chi connectivity index (χ3v) is 1.91. The van der Waals surface area contributed by atoms with Crippen molar-refractivity contribution in [1.29, 1.82) is 5.41 Å². The Hall–Kier alpha value is -0.760. The number of hydrogen-bond acceptors (Lipinski definition) is 2. The molecule has 0 aliphatic carbocycles. The lowest BCUT2D eigenvalue weighted by atomic mass is 10.1. The standard InChI is InChI=1S/C10H17ClN2/c1-5-10(12)9(6-7(2)11)8(3)13-4/h6,12-13H,5H2,1-4H3/b7-6+,9-8-,12-10?. The summed E-state index contributed by atoms with van der Waals surface area (Å²) >= 11 is 5.78. The van der Waals surface area contributed by atoms with Gasteiger partial charge in [0.25, 0.3) is 0 Å². The average molecular weight is 201 g/mol. The highest BCUT2D eigenvalue weighted by molar-refractivity contribution is 6.29. The summed E-state index contributed by atoms with van der Waals surface area (Å²) in [5.41, 5.74) is 2.47. The van der Waals surface area contributed by atoms with Gasteiger partial charge < -0.3 is 10.7 Å². The van der Waals surface area contributed by atoms with E-state index in [0.717, 1.165) is 17.7 Å². The molecule has 74 valence electrons. The van der Waals surface area contributed by atoms with Crippen LogP contribution in [0.3, 0.4) is 0 Å². The monoisotopic (exact) mass is 200 g/mol. The Kier molecular flexibility index (Phi) is 5.47. The molecule has 0 saturated heterocycles. The van der Waals surface area contributed by atoms with Crippen LogP contribution < -0.4 is 5.32 Å². The van der Waals surface area contributed by atoms with Crippen LogP contribution in [0.4, 0.5) is 0 Å². The van der Waals surface area contributed by atoms with E-state index in [1.165, 1.54) is 0 Å². The molecule has 13 heavy (non-hydrogen) atoms. The predicted octanol–water partition coefficient (Wildman–Crippen LogP) is 3.05.